The predicted octanol–water partition coefficient (Wildman–Crippen LogP) is 3.64. The maximum Gasteiger partial charge on any atom is 0.187 e. The Kier molecular flexibility index (Phi) is 3.65. The zero-order valence-corrected chi connectivity index (χ0v) is 13.4. The SMILES string of the molecule is Cc1cc(Br)c(-n2nnnc2-c2ccc(N)cc2)cc1Cl. The molecule has 7 heteroatoms. The first kappa shape index (κ1) is 14.0. The third-order valence-electron chi connectivity index (χ3n) is 3.09. The highest BCUT2D eigenvalue weighted by atomic mass is 79.9. The van der Waals surface area contributed by atoms with Crippen molar-refractivity contribution in [2.45, 2.75) is 6.92 Å². The maximum absolute atomic E-state index is 6.20. The van der Waals surface area contributed by atoms with Gasteiger partial charge in [0.1, 0.15) is 0 Å². The van der Waals surface area contributed by atoms with Gasteiger partial charge in [-0.05, 0) is 75.2 Å². The molecule has 0 amide bonds. The Morgan fingerprint density at radius 1 is 1.19 bits per heavy atom. The number of rotatable bonds is 2. The summed E-state index contributed by atoms with van der Waals surface area (Å²) in [5.41, 5.74) is 9.03. The lowest BCUT2D eigenvalue weighted by molar-refractivity contribution is 0.788. The summed E-state index contributed by atoms with van der Waals surface area (Å²) in [5.74, 6) is 0.621. The van der Waals surface area contributed by atoms with Crippen molar-refractivity contribution in [2.24, 2.45) is 0 Å². The van der Waals surface area contributed by atoms with Crippen molar-refractivity contribution in [3.63, 3.8) is 0 Å². The zero-order valence-electron chi connectivity index (χ0n) is 11.1. The van der Waals surface area contributed by atoms with Crippen molar-refractivity contribution in [3.8, 4) is 17.1 Å². The highest BCUT2D eigenvalue weighted by Gasteiger charge is 2.14. The highest BCUT2D eigenvalue weighted by molar-refractivity contribution is 9.10. The number of aryl methyl sites for hydroxylation is 1. The number of halogens is 2. The summed E-state index contributed by atoms with van der Waals surface area (Å²) in [7, 11) is 0. The fourth-order valence-electron chi connectivity index (χ4n) is 1.96. The van der Waals surface area contributed by atoms with Gasteiger partial charge in [0.25, 0.3) is 0 Å². The molecule has 1 aromatic heterocycles. The molecule has 0 spiro atoms. The number of tetrazole rings is 1. The molecule has 3 rings (SSSR count). The number of nitrogens with zero attached hydrogens (tertiary/aromatic N) is 4. The molecule has 0 aliphatic rings. The lowest BCUT2D eigenvalue weighted by atomic mass is 10.2. The minimum absolute atomic E-state index is 0.621. The Labute approximate surface area is 134 Å². The number of anilines is 1. The van der Waals surface area contributed by atoms with Gasteiger partial charge in [-0.1, -0.05) is 11.6 Å². The van der Waals surface area contributed by atoms with Gasteiger partial charge in [0.2, 0.25) is 0 Å². The van der Waals surface area contributed by atoms with E-state index in [1.54, 1.807) is 4.68 Å². The van der Waals surface area contributed by atoms with Crippen LogP contribution in [-0.2, 0) is 0 Å². The number of nitrogen functional groups attached to an aromatic ring is 1. The fraction of sp³-hybridized carbons (Fsp3) is 0.0714. The van der Waals surface area contributed by atoms with Crippen LogP contribution in [0.5, 0.6) is 0 Å². The van der Waals surface area contributed by atoms with Gasteiger partial charge in [0, 0.05) is 20.7 Å². The molecule has 106 valence electrons. The van der Waals surface area contributed by atoms with E-state index in [0.29, 0.717) is 16.5 Å². The molecule has 0 aliphatic heterocycles. The molecular formula is C14H11BrClN5. The Balaban J connectivity index is 2.15. The summed E-state index contributed by atoms with van der Waals surface area (Å²) >= 11 is 9.73. The second-order valence-corrected chi connectivity index (χ2v) is 5.85. The van der Waals surface area contributed by atoms with Crippen molar-refractivity contribution in [2.75, 3.05) is 5.73 Å². The summed E-state index contributed by atoms with van der Waals surface area (Å²) in [6.07, 6.45) is 0. The molecule has 0 radical (unpaired) electrons. The van der Waals surface area contributed by atoms with Crippen LogP contribution in [0.25, 0.3) is 17.1 Å². The van der Waals surface area contributed by atoms with E-state index in [1.807, 2.05) is 43.3 Å². The largest absolute Gasteiger partial charge is 0.399 e. The van der Waals surface area contributed by atoms with Gasteiger partial charge in [-0.3, -0.25) is 0 Å². The molecule has 2 N–H and O–H groups in total. The number of hydrogen-bond acceptors (Lipinski definition) is 4. The number of aromatic nitrogens is 4. The van der Waals surface area contributed by atoms with Crippen molar-refractivity contribution in [1.82, 2.24) is 20.2 Å². The summed E-state index contributed by atoms with van der Waals surface area (Å²) in [6.45, 7) is 1.94. The minimum atomic E-state index is 0.621. The van der Waals surface area contributed by atoms with Gasteiger partial charge in [-0.2, -0.15) is 4.68 Å². The Morgan fingerprint density at radius 2 is 1.90 bits per heavy atom. The lowest BCUT2D eigenvalue weighted by Crippen LogP contribution is -2.01. The molecular weight excluding hydrogens is 354 g/mol. The monoisotopic (exact) mass is 363 g/mol. The predicted molar refractivity (Wildman–Crippen MR) is 86.4 cm³/mol. The molecule has 3 aromatic rings. The molecule has 0 aliphatic carbocycles. The zero-order chi connectivity index (χ0) is 15.0. The van der Waals surface area contributed by atoms with Gasteiger partial charge in [-0.25, -0.2) is 0 Å². The average molecular weight is 365 g/mol. The van der Waals surface area contributed by atoms with Crippen molar-refractivity contribution in [1.29, 1.82) is 0 Å². The van der Waals surface area contributed by atoms with Gasteiger partial charge >= 0.3 is 0 Å². The first-order chi connectivity index (χ1) is 10.1. The van der Waals surface area contributed by atoms with Crippen LogP contribution in [-0.4, -0.2) is 20.2 Å². The quantitative estimate of drug-likeness (QED) is 0.705. The van der Waals surface area contributed by atoms with E-state index in [-0.39, 0.29) is 0 Å². The van der Waals surface area contributed by atoms with Crippen molar-refractivity contribution < 1.29 is 0 Å². The molecule has 0 atom stereocenters. The van der Waals surface area contributed by atoms with Crippen LogP contribution in [0.15, 0.2) is 40.9 Å². The maximum atomic E-state index is 6.20. The van der Waals surface area contributed by atoms with Crippen molar-refractivity contribution in [3.05, 3.63) is 51.5 Å². The topological polar surface area (TPSA) is 69.6 Å². The van der Waals surface area contributed by atoms with Crippen LogP contribution in [0, 0.1) is 6.92 Å². The van der Waals surface area contributed by atoms with E-state index in [2.05, 4.69) is 31.5 Å². The van der Waals surface area contributed by atoms with E-state index in [9.17, 15) is 0 Å². The first-order valence-corrected chi connectivity index (χ1v) is 7.33. The van der Waals surface area contributed by atoms with E-state index >= 15 is 0 Å². The van der Waals surface area contributed by atoms with Gasteiger partial charge in [0.15, 0.2) is 5.82 Å². The molecule has 21 heavy (non-hydrogen) atoms. The van der Waals surface area contributed by atoms with E-state index in [1.165, 1.54) is 0 Å². The van der Waals surface area contributed by atoms with Crippen molar-refractivity contribution >= 4 is 33.2 Å². The summed E-state index contributed by atoms with van der Waals surface area (Å²) in [5, 5.41) is 12.6. The third kappa shape index (κ3) is 2.64. The Bertz CT molecular complexity index is 798. The Hall–Kier alpha value is -1.92. The lowest BCUT2D eigenvalue weighted by Gasteiger charge is -2.09. The van der Waals surface area contributed by atoms with Crippen LogP contribution < -0.4 is 5.73 Å². The normalized spacial score (nSPS) is 10.8. The van der Waals surface area contributed by atoms with Crippen LogP contribution in [0.2, 0.25) is 5.02 Å². The van der Waals surface area contributed by atoms with Gasteiger partial charge in [-0.15, -0.1) is 5.10 Å². The van der Waals surface area contributed by atoms with Gasteiger partial charge < -0.3 is 5.73 Å². The summed E-state index contributed by atoms with van der Waals surface area (Å²) < 4.78 is 2.51. The molecule has 0 fully saturated rings. The summed E-state index contributed by atoms with van der Waals surface area (Å²) in [4.78, 5) is 0. The Morgan fingerprint density at radius 3 is 2.62 bits per heavy atom. The number of benzene rings is 2. The average Bonchev–Trinajstić information content (AvgIpc) is 2.93. The molecule has 0 saturated carbocycles. The van der Waals surface area contributed by atoms with Crippen LogP contribution in [0.4, 0.5) is 5.69 Å². The van der Waals surface area contributed by atoms with Crippen LogP contribution in [0.3, 0.4) is 0 Å². The first-order valence-electron chi connectivity index (χ1n) is 6.16. The minimum Gasteiger partial charge on any atom is -0.399 e. The van der Waals surface area contributed by atoms with E-state index in [4.69, 9.17) is 17.3 Å². The summed E-state index contributed by atoms with van der Waals surface area (Å²) in [6, 6.07) is 11.1. The highest BCUT2D eigenvalue weighted by Crippen LogP contribution is 2.30. The number of hydrogen-bond donors (Lipinski definition) is 1. The molecule has 5 nitrogen and oxygen atoms in total. The smallest absolute Gasteiger partial charge is 0.187 e. The van der Waals surface area contributed by atoms with Gasteiger partial charge in [0.05, 0.1) is 5.69 Å². The molecule has 1 heterocycles. The second kappa shape index (κ2) is 5.46. The molecule has 0 bridgehead atoms. The third-order valence-corrected chi connectivity index (χ3v) is 4.14. The molecule has 2 aromatic carbocycles. The standard InChI is InChI=1S/C14H11BrClN5/c1-8-6-11(15)13(7-12(8)16)21-14(18-19-20-21)9-2-4-10(17)5-3-9/h2-7H,17H2,1H3. The second-order valence-electron chi connectivity index (χ2n) is 4.59. The number of nitrogens with two attached hydrogens (primary N) is 1. The van der Waals surface area contributed by atoms with E-state index in [0.717, 1.165) is 21.3 Å². The van der Waals surface area contributed by atoms with E-state index < -0.39 is 0 Å². The van der Waals surface area contributed by atoms with Crippen LogP contribution >= 0.6 is 27.5 Å². The fourth-order valence-corrected chi connectivity index (χ4v) is 2.74. The molecule has 0 unspecified atom stereocenters. The molecule has 0 saturated heterocycles. The van der Waals surface area contributed by atoms with Crippen LogP contribution in [0.1, 0.15) is 5.56 Å².